The van der Waals surface area contributed by atoms with E-state index in [1.165, 1.54) is 12.1 Å². The van der Waals surface area contributed by atoms with Crippen molar-refractivity contribution in [1.82, 2.24) is 0 Å². The Morgan fingerprint density at radius 3 is 2.44 bits per heavy atom. The van der Waals surface area contributed by atoms with Gasteiger partial charge in [0.25, 0.3) is 9.84 Å². The second-order valence-electron chi connectivity index (χ2n) is 2.98. The van der Waals surface area contributed by atoms with Gasteiger partial charge in [0, 0.05) is 6.42 Å². The van der Waals surface area contributed by atoms with Crippen LogP contribution in [-0.2, 0) is 16.3 Å². The summed E-state index contributed by atoms with van der Waals surface area (Å²) in [5.41, 5.74) is -4.94. The van der Waals surface area contributed by atoms with Gasteiger partial charge in [-0.05, 0) is 17.7 Å². The predicted molar refractivity (Wildman–Crippen MR) is 52.2 cm³/mol. The molecule has 0 aromatic heterocycles. The minimum atomic E-state index is -5.29. The molecule has 0 radical (unpaired) electrons. The third-order valence-electron chi connectivity index (χ3n) is 1.82. The lowest BCUT2D eigenvalue weighted by molar-refractivity contribution is -0.0436. The fourth-order valence-electron chi connectivity index (χ4n) is 1.07. The van der Waals surface area contributed by atoms with Crippen molar-refractivity contribution in [2.24, 2.45) is 0 Å². The van der Waals surface area contributed by atoms with Gasteiger partial charge in [0.05, 0.1) is 4.90 Å². The lowest BCUT2D eigenvalue weighted by atomic mass is 10.2. The molecular formula is C10H7F3O2S. The van der Waals surface area contributed by atoms with Crippen molar-refractivity contribution >= 4 is 9.84 Å². The lowest BCUT2D eigenvalue weighted by Gasteiger charge is -2.08. The zero-order valence-corrected chi connectivity index (χ0v) is 8.77. The van der Waals surface area contributed by atoms with Gasteiger partial charge in [-0.2, -0.15) is 13.2 Å². The Kier molecular flexibility index (Phi) is 3.29. The van der Waals surface area contributed by atoms with E-state index < -0.39 is 20.2 Å². The number of halogens is 3. The third-order valence-corrected chi connectivity index (χ3v) is 3.30. The van der Waals surface area contributed by atoms with Crippen molar-refractivity contribution in [1.29, 1.82) is 0 Å². The first-order chi connectivity index (χ1) is 7.29. The van der Waals surface area contributed by atoms with Gasteiger partial charge in [-0.15, -0.1) is 12.3 Å². The van der Waals surface area contributed by atoms with Crippen LogP contribution >= 0.6 is 0 Å². The Labute approximate surface area is 91.0 Å². The standard InChI is InChI=1S/C10H7F3O2S/c1-2-4-8-5-3-6-9(7-8)16(14,15)10(11,12)13/h1,3,5-7H,4H2. The van der Waals surface area contributed by atoms with Crippen LogP contribution in [0.4, 0.5) is 13.2 Å². The smallest absolute Gasteiger partial charge is 0.214 e. The highest BCUT2D eigenvalue weighted by molar-refractivity contribution is 7.92. The average Bonchev–Trinajstić information content (AvgIpc) is 2.17. The van der Waals surface area contributed by atoms with Crippen molar-refractivity contribution in [3.63, 3.8) is 0 Å². The molecule has 0 N–H and O–H groups in total. The topological polar surface area (TPSA) is 34.1 Å². The van der Waals surface area contributed by atoms with E-state index >= 15 is 0 Å². The molecule has 86 valence electrons. The molecule has 1 aromatic carbocycles. The zero-order chi connectivity index (χ0) is 12.4. The van der Waals surface area contributed by atoms with Crippen molar-refractivity contribution in [3.8, 4) is 12.3 Å². The monoisotopic (exact) mass is 248 g/mol. The van der Waals surface area contributed by atoms with Crippen LogP contribution in [0.3, 0.4) is 0 Å². The quantitative estimate of drug-likeness (QED) is 0.751. The second kappa shape index (κ2) is 4.18. The Morgan fingerprint density at radius 2 is 1.94 bits per heavy atom. The van der Waals surface area contributed by atoms with Gasteiger partial charge in [-0.1, -0.05) is 12.1 Å². The molecule has 0 bridgehead atoms. The van der Waals surface area contributed by atoms with Crippen LogP contribution in [0.15, 0.2) is 29.2 Å². The maximum absolute atomic E-state index is 12.2. The maximum Gasteiger partial charge on any atom is 0.501 e. The highest BCUT2D eigenvalue weighted by Gasteiger charge is 2.46. The Morgan fingerprint density at radius 1 is 1.31 bits per heavy atom. The number of hydrogen-bond donors (Lipinski definition) is 0. The van der Waals surface area contributed by atoms with E-state index in [9.17, 15) is 21.6 Å². The summed E-state index contributed by atoms with van der Waals surface area (Å²) >= 11 is 0. The van der Waals surface area contributed by atoms with Crippen LogP contribution in [0.1, 0.15) is 5.56 Å². The molecule has 0 fully saturated rings. The largest absolute Gasteiger partial charge is 0.501 e. The highest BCUT2D eigenvalue weighted by Crippen LogP contribution is 2.30. The molecule has 0 aliphatic heterocycles. The molecule has 16 heavy (non-hydrogen) atoms. The summed E-state index contributed by atoms with van der Waals surface area (Å²) in [6.45, 7) is 0. The molecule has 6 heteroatoms. The zero-order valence-electron chi connectivity index (χ0n) is 7.95. The molecule has 2 nitrogen and oxygen atoms in total. The van der Waals surface area contributed by atoms with Crippen LogP contribution in [0.25, 0.3) is 0 Å². The van der Waals surface area contributed by atoms with Crippen LogP contribution in [-0.4, -0.2) is 13.9 Å². The van der Waals surface area contributed by atoms with Crippen molar-refractivity contribution in [2.75, 3.05) is 0 Å². The first kappa shape index (κ1) is 12.6. The van der Waals surface area contributed by atoms with Crippen molar-refractivity contribution in [3.05, 3.63) is 29.8 Å². The first-order valence-corrected chi connectivity index (χ1v) is 5.61. The van der Waals surface area contributed by atoms with Crippen LogP contribution in [0.2, 0.25) is 0 Å². The fraction of sp³-hybridized carbons (Fsp3) is 0.200. The number of hydrogen-bond acceptors (Lipinski definition) is 2. The number of benzene rings is 1. The number of sulfone groups is 1. The summed E-state index contributed by atoms with van der Waals surface area (Å²) in [6.07, 6.45) is 5.07. The lowest BCUT2D eigenvalue weighted by Crippen LogP contribution is -2.23. The normalized spacial score (nSPS) is 12.1. The molecular weight excluding hydrogens is 241 g/mol. The average molecular weight is 248 g/mol. The highest BCUT2D eigenvalue weighted by atomic mass is 32.2. The van der Waals surface area contributed by atoms with E-state index in [1.54, 1.807) is 0 Å². The summed E-state index contributed by atoms with van der Waals surface area (Å²) < 4.78 is 58.7. The molecule has 1 aromatic rings. The van der Waals surface area contributed by atoms with Crippen molar-refractivity contribution < 1.29 is 21.6 Å². The molecule has 0 heterocycles. The van der Waals surface area contributed by atoms with E-state index in [0.717, 1.165) is 12.1 Å². The molecule has 0 saturated heterocycles. The second-order valence-corrected chi connectivity index (χ2v) is 4.92. The van der Waals surface area contributed by atoms with Gasteiger partial charge in [0.1, 0.15) is 0 Å². The summed E-state index contributed by atoms with van der Waals surface area (Å²) in [5.74, 6) is 2.23. The van der Waals surface area contributed by atoms with Crippen LogP contribution in [0.5, 0.6) is 0 Å². The Balaban J connectivity index is 3.26. The van der Waals surface area contributed by atoms with Crippen LogP contribution in [0, 0.1) is 12.3 Å². The van der Waals surface area contributed by atoms with Crippen LogP contribution < -0.4 is 0 Å². The molecule has 0 amide bonds. The number of terminal acetylenes is 1. The molecule has 1 rings (SSSR count). The summed E-state index contributed by atoms with van der Waals surface area (Å²) in [6, 6.07) is 4.52. The van der Waals surface area contributed by atoms with Gasteiger partial charge in [0.2, 0.25) is 0 Å². The molecule has 0 atom stereocenters. The number of alkyl halides is 3. The first-order valence-electron chi connectivity index (χ1n) is 4.13. The Hall–Kier alpha value is -1.48. The summed E-state index contributed by atoms with van der Waals surface area (Å²) in [4.78, 5) is -0.784. The van der Waals surface area contributed by atoms with Gasteiger partial charge < -0.3 is 0 Å². The number of rotatable bonds is 2. The van der Waals surface area contributed by atoms with E-state index in [-0.39, 0.29) is 6.42 Å². The SMILES string of the molecule is C#CCc1cccc(S(=O)(=O)C(F)(F)F)c1. The molecule has 0 spiro atoms. The van der Waals surface area contributed by atoms with E-state index in [2.05, 4.69) is 5.92 Å². The van der Waals surface area contributed by atoms with Crippen molar-refractivity contribution in [2.45, 2.75) is 16.8 Å². The van der Waals surface area contributed by atoms with E-state index in [0.29, 0.717) is 5.56 Å². The predicted octanol–water partition coefficient (Wildman–Crippen LogP) is 2.16. The van der Waals surface area contributed by atoms with E-state index in [4.69, 9.17) is 6.42 Å². The van der Waals surface area contributed by atoms with Gasteiger partial charge in [-0.3, -0.25) is 0 Å². The fourth-order valence-corrected chi connectivity index (χ4v) is 1.91. The van der Waals surface area contributed by atoms with Gasteiger partial charge >= 0.3 is 5.51 Å². The molecule has 0 saturated carbocycles. The summed E-state index contributed by atoms with van der Waals surface area (Å²) in [5, 5.41) is 0. The molecule has 0 unspecified atom stereocenters. The van der Waals surface area contributed by atoms with Gasteiger partial charge in [0.15, 0.2) is 0 Å². The molecule has 0 aliphatic carbocycles. The maximum atomic E-state index is 12.2. The van der Waals surface area contributed by atoms with Gasteiger partial charge in [-0.25, -0.2) is 8.42 Å². The third kappa shape index (κ3) is 2.36. The summed E-state index contributed by atoms with van der Waals surface area (Å²) in [7, 11) is -5.29. The minimum Gasteiger partial charge on any atom is -0.214 e. The molecule has 0 aliphatic rings. The van der Waals surface area contributed by atoms with E-state index in [1.807, 2.05) is 0 Å². The minimum absolute atomic E-state index is 0.0845. The Bertz CT molecular complexity index is 524.